The predicted molar refractivity (Wildman–Crippen MR) is 78.6 cm³/mol. The molecule has 2 nitrogen and oxygen atoms in total. The Hall–Kier alpha value is -0.550. The van der Waals surface area contributed by atoms with Crippen LogP contribution in [0.25, 0.3) is 0 Å². The number of esters is 1. The van der Waals surface area contributed by atoms with Crippen molar-refractivity contribution >= 4 is 33.7 Å². The van der Waals surface area contributed by atoms with Crippen molar-refractivity contribution in [1.29, 1.82) is 0 Å². The second-order valence-electron chi connectivity index (χ2n) is 4.96. The molecule has 1 aromatic rings. The highest BCUT2D eigenvalue weighted by Crippen LogP contribution is 2.51. The SMILES string of the molecule is COC(=O)CC1(CSCc2cccc(F)c2Br)CC1. The summed E-state index contributed by atoms with van der Waals surface area (Å²) < 4.78 is 18.6. The number of ether oxygens (including phenoxy) is 1. The molecule has 5 heteroatoms. The summed E-state index contributed by atoms with van der Waals surface area (Å²) in [7, 11) is 1.43. The van der Waals surface area contributed by atoms with Crippen LogP contribution in [0.4, 0.5) is 4.39 Å². The summed E-state index contributed by atoms with van der Waals surface area (Å²) >= 11 is 5.01. The van der Waals surface area contributed by atoms with Gasteiger partial charge < -0.3 is 4.74 Å². The van der Waals surface area contributed by atoms with E-state index in [-0.39, 0.29) is 17.2 Å². The minimum absolute atomic E-state index is 0.123. The first kappa shape index (κ1) is 14.9. The summed E-state index contributed by atoms with van der Waals surface area (Å²) in [5.74, 6) is 1.31. The topological polar surface area (TPSA) is 26.3 Å². The first-order valence-electron chi connectivity index (χ1n) is 6.14. The molecule has 0 aliphatic heterocycles. The Morgan fingerprint density at radius 1 is 1.53 bits per heavy atom. The molecule has 1 aromatic carbocycles. The Labute approximate surface area is 125 Å². The van der Waals surface area contributed by atoms with Crippen LogP contribution >= 0.6 is 27.7 Å². The van der Waals surface area contributed by atoms with Crippen LogP contribution in [0.1, 0.15) is 24.8 Å². The van der Waals surface area contributed by atoms with Crippen LogP contribution in [0, 0.1) is 11.2 Å². The summed E-state index contributed by atoms with van der Waals surface area (Å²) in [4.78, 5) is 11.3. The minimum atomic E-state index is -0.228. The molecule has 0 amide bonds. The van der Waals surface area contributed by atoms with Gasteiger partial charge in [0.25, 0.3) is 0 Å². The van der Waals surface area contributed by atoms with Crippen molar-refractivity contribution < 1.29 is 13.9 Å². The van der Waals surface area contributed by atoms with Crippen molar-refractivity contribution in [1.82, 2.24) is 0 Å². The monoisotopic (exact) mass is 346 g/mol. The van der Waals surface area contributed by atoms with Crippen molar-refractivity contribution in [3.8, 4) is 0 Å². The molecule has 0 spiro atoms. The summed E-state index contributed by atoms with van der Waals surface area (Å²) in [6.45, 7) is 0. The van der Waals surface area contributed by atoms with E-state index in [1.54, 1.807) is 17.8 Å². The highest BCUT2D eigenvalue weighted by molar-refractivity contribution is 9.10. The van der Waals surface area contributed by atoms with Crippen molar-refractivity contribution in [2.24, 2.45) is 5.41 Å². The maximum Gasteiger partial charge on any atom is 0.306 e. The fourth-order valence-corrected chi connectivity index (χ4v) is 3.94. The third-order valence-corrected chi connectivity index (χ3v) is 5.62. The third kappa shape index (κ3) is 3.96. The van der Waals surface area contributed by atoms with E-state index in [1.807, 2.05) is 6.07 Å². The number of carbonyl (C=O) groups is 1. The van der Waals surface area contributed by atoms with Crippen LogP contribution < -0.4 is 0 Å². The Morgan fingerprint density at radius 3 is 2.89 bits per heavy atom. The normalized spacial score (nSPS) is 16.2. The molecule has 1 aliphatic carbocycles. The van der Waals surface area contributed by atoms with Gasteiger partial charge in [-0.15, -0.1) is 0 Å². The van der Waals surface area contributed by atoms with Crippen molar-refractivity contribution in [3.05, 3.63) is 34.1 Å². The summed E-state index contributed by atoms with van der Waals surface area (Å²) in [5, 5.41) is 0. The first-order valence-corrected chi connectivity index (χ1v) is 8.08. The zero-order chi connectivity index (χ0) is 13.9. The number of rotatable bonds is 6. The Kier molecular flexibility index (Phi) is 4.90. The zero-order valence-corrected chi connectivity index (χ0v) is 13.2. The van der Waals surface area contributed by atoms with Crippen LogP contribution in [0.5, 0.6) is 0 Å². The maximum atomic E-state index is 13.4. The lowest BCUT2D eigenvalue weighted by atomic mass is 10.1. The molecule has 104 valence electrons. The number of carbonyl (C=O) groups excluding carboxylic acids is 1. The molecule has 0 heterocycles. The fourth-order valence-electron chi connectivity index (χ4n) is 1.96. The number of hydrogen-bond donors (Lipinski definition) is 0. The van der Waals surface area contributed by atoms with Gasteiger partial charge in [-0.25, -0.2) is 4.39 Å². The molecule has 0 N–H and O–H groups in total. The van der Waals surface area contributed by atoms with E-state index in [2.05, 4.69) is 15.9 Å². The molecule has 0 radical (unpaired) electrons. The number of benzene rings is 1. The molecule has 0 aromatic heterocycles. The van der Waals surface area contributed by atoms with Gasteiger partial charge in [-0.2, -0.15) is 11.8 Å². The lowest BCUT2D eigenvalue weighted by Gasteiger charge is -2.13. The van der Waals surface area contributed by atoms with Gasteiger partial charge in [-0.3, -0.25) is 4.79 Å². The second-order valence-corrected chi connectivity index (χ2v) is 6.74. The lowest BCUT2D eigenvalue weighted by molar-refractivity contribution is -0.141. The molecular formula is C14H16BrFO2S. The number of hydrogen-bond acceptors (Lipinski definition) is 3. The summed E-state index contributed by atoms with van der Waals surface area (Å²) in [5.41, 5.74) is 1.08. The van der Waals surface area contributed by atoms with Crippen LogP contribution in [-0.4, -0.2) is 18.8 Å². The molecule has 0 saturated heterocycles. The molecule has 0 bridgehead atoms. The van der Waals surface area contributed by atoms with Crippen molar-refractivity contribution in [2.75, 3.05) is 12.9 Å². The van der Waals surface area contributed by atoms with Crippen LogP contribution in [0.3, 0.4) is 0 Å². The van der Waals surface area contributed by atoms with E-state index in [4.69, 9.17) is 4.74 Å². The highest BCUT2D eigenvalue weighted by atomic mass is 79.9. The van der Waals surface area contributed by atoms with Gasteiger partial charge in [0.15, 0.2) is 0 Å². The molecular weight excluding hydrogens is 331 g/mol. The zero-order valence-electron chi connectivity index (χ0n) is 10.7. The smallest absolute Gasteiger partial charge is 0.306 e. The Bertz CT molecular complexity index is 475. The standard InChI is InChI=1S/C14H16BrFO2S/c1-18-12(17)7-14(5-6-14)9-19-8-10-3-2-4-11(16)13(10)15/h2-4H,5-9H2,1H3. The first-order chi connectivity index (χ1) is 9.06. The van der Waals surface area contributed by atoms with Gasteiger partial charge in [0.1, 0.15) is 5.82 Å². The molecule has 1 saturated carbocycles. The quantitative estimate of drug-likeness (QED) is 0.723. The van der Waals surface area contributed by atoms with Gasteiger partial charge in [0.2, 0.25) is 0 Å². The molecule has 0 unspecified atom stereocenters. The van der Waals surface area contributed by atoms with Gasteiger partial charge >= 0.3 is 5.97 Å². The molecule has 19 heavy (non-hydrogen) atoms. The predicted octanol–water partition coefficient (Wildman–Crippen LogP) is 4.16. The molecule has 0 atom stereocenters. The van der Waals surface area contributed by atoms with Crippen molar-refractivity contribution in [2.45, 2.75) is 25.0 Å². The largest absolute Gasteiger partial charge is 0.469 e. The fraction of sp³-hybridized carbons (Fsp3) is 0.500. The Morgan fingerprint density at radius 2 is 2.26 bits per heavy atom. The van der Waals surface area contributed by atoms with E-state index in [9.17, 15) is 9.18 Å². The van der Waals surface area contributed by atoms with E-state index in [0.29, 0.717) is 10.9 Å². The molecule has 1 aliphatic rings. The maximum absolute atomic E-state index is 13.4. The molecule has 1 fully saturated rings. The van der Waals surface area contributed by atoms with E-state index >= 15 is 0 Å². The van der Waals surface area contributed by atoms with Crippen LogP contribution in [0.2, 0.25) is 0 Å². The summed E-state index contributed by atoms with van der Waals surface area (Å²) in [6.07, 6.45) is 2.67. The summed E-state index contributed by atoms with van der Waals surface area (Å²) in [6, 6.07) is 5.08. The van der Waals surface area contributed by atoms with Crippen LogP contribution in [0.15, 0.2) is 22.7 Å². The Balaban J connectivity index is 1.84. The number of halogens is 2. The third-order valence-electron chi connectivity index (χ3n) is 3.40. The van der Waals surface area contributed by atoms with E-state index in [0.717, 1.165) is 29.9 Å². The highest BCUT2D eigenvalue weighted by Gasteiger charge is 2.44. The van der Waals surface area contributed by atoms with Gasteiger partial charge in [-0.05, 0) is 51.6 Å². The van der Waals surface area contributed by atoms with Gasteiger partial charge in [0.05, 0.1) is 18.0 Å². The average molecular weight is 347 g/mol. The second kappa shape index (κ2) is 6.27. The van der Waals surface area contributed by atoms with E-state index in [1.165, 1.54) is 13.2 Å². The van der Waals surface area contributed by atoms with Gasteiger partial charge in [0, 0.05) is 5.75 Å². The number of thioether (sulfide) groups is 1. The number of methoxy groups -OCH3 is 1. The lowest BCUT2D eigenvalue weighted by Crippen LogP contribution is -2.13. The van der Waals surface area contributed by atoms with Crippen LogP contribution in [-0.2, 0) is 15.3 Å². The van der Waals surface area contributed by atoms with Gasteiger partial charge in [-0.1, -0.05) is 12.1 Å². The van der Waals surface area contributed by atoms with Crippen molar-refractivity contribution in [3.63, 3.8) is 0 Å². The minimum Gasteiger partial charge on any atom is -0.469 e. The molecule has 2 rings (SSSR count). The average Bonchev–Trinajstić information content (AvgIpc) is 3.14. The van der Waals surface area contributed by atoms with E-state index < -0.39 is 0 Å².